The lowest BCUT2D eigenvalue weighted by atomic mass is 10.1. The molecule has 1 aliphatic rings. The molecule has 0 saturated heterocycles. The Hall–Kier alpha value is -2.18. The Morgan fingerprint density at radius 2 is 2.21 bits per heavy atom. The average molecular weight is 331 g/mol. The van der Waals surface area contributed by atoms with Crippen LogP contribution in [0.5, 0.6) is 0 Å². The minimum absolute atomic E-state index is 0.0909. The zero-order valence-electron chi connectivity index (χ0n) is 14.4. The number of imidazole rings is 1. The number of carbonyl (C=O) groups excluding carboxylic acids is 1. The van der Waals surface area contributed by atoms with Crippen LogP contribution in [-0.4, -0.2) is 25.6 Å². The van der Waals surface area contributed by atoms with Crippen molar-refractivity contribution in [3.8, 4) is 0 Å². The van der Waals surface area contributed by atoms with Gasteiger partial charge in [0.25, 0.3) is 0 Å². The molecule has 7 nitrogen and oxygen atoms in total. The first kappa shape index (κ1) is 16.7. The lowest BCUT2D eigenvalue weighted by molar-refractivity contribution is -0.116. The van der Waals surface area contributed by atoms with Gasteiger partial charge < -0.3 is 9.09 Å². The Labute approximate surface area is 141 Å². The van der Waals surface area contributed by atoms with Gasteiger partial charge in [0.05, 0.1) is 0 Å². The van der Waals surface area contributed by atoms with Gasteiger partial charge in [0.1, 0.15) is 0 Å². The van der Waals surface area contributed by atoms with Gasteiger partial charge in [-0.05, 0) is 18.8 Å². The molecule has 1 fully saturated rings. The van der Waals surface area contributed by atoms with Gasteiger partial charge in [0, 0.05) is 37.7 Å². The maximum Gasteiger partial charge on any atom is 0.227 e. The van der Waals surface area contributed by atoms with E-state index >= 15 is 0 Å². The van der Waals surface area contributed by atoms with Crippen molar-refractivity contribution in [2.45, 2.75) is 64.8 Å². The number of nitrogens with one attached hydrogen (secondary N) is 1. The summed E-state index contributed by atoms with van der Waals surface area (Å²) in [7, 11) is 0. The molecule has 0 spiro atoms. The van der Waals surface area contributed by atoms with Gasteiger partial charge in [-0.3, -0.25) is 10.1 Å². The highest BCUT2D eigenvalue weighted by Gasteiger charge is 2.22. The van der Waals surface area contributed by atoms with Crippen LogP contribution in [0.15, 0.2) is 16.9 Å². The van der Waals surface area contributed by atoms with Gasteiger partial charge in [-0.15, -0.1) is 0 Å². The van der Waals surface area contributed by atoms with E-state index in [1.807, 2.05) is 10.8 Å². The first-order valence-electron chi connectivity index (χ1n) is 8.75. The molecule has 2 aromatic heterocycles. The fraction of sp³-hybridized carbons (Fsp3) is 0.647. The molecule has 0 aromatic carbocycles. The van der Waals surface area contributed by atoms with Crippen molar-refractivity contribution in [1.29, 1.82) is 0 Å². The molecule has 1 saturated carbocycles. The van der Waals surface area contributed by atoms with Gasteiger partial charge in [-0.1, -0.05) is 31.8 Å². The van der Waals surface area contributed by atoms with E-state index in [1.165, 1.54) is 12.8 Å². The number of hydrogen-bond donors (Lipinski definition) is 1. The summed E-state index contributed by atoms with van der Waals surface area (Å²) in [5.41, 5.74) is 0. The predicted octanol–water partition coefficient (Wildman–Crippen LogP) is 3.15. The number of anilines is 1. The van der Waals surface area contributed by atoms with E-state index in [0.29, 0.717) is 36.5 Å². The Morgan fingerprint density at radius 3 is 2.96 bits per heavy atom. The summed E-state index contributed by atoms with van der Waals surface area (Å²) in [6.45, 7) is 5.08. The minimum atomic E-state index is -0.0909. The molecular weight excluding hydrogens is 306 g/mol. The second-order valence-electron chi connectivity index (χ2n) is 6.87. The Kier molecular flexibility index (Phi) is 5.27. The number of hydrogen-bond acceptors (Lipinski definition) is 5. The third-order valence-electron chi connectivity index (χ3n) is 4.30. The highest BCUT2D eigenvalue weighted by atomic mass is 16.5. The molecule has 130 valence electrons. The molecule has 2 heterocycles. The van der Waals surface area contributed by atoms with Crippen LogP contribution in [0.25, 0.3) is 0 Å². The Balaban J connectivity index is 1.50. The second kappa shape index (κ2) is 7.59. The van der Waals surface area contributed by atoms with Crippen LogP contribution in [0.1, 0.15) is 63.6 Å². The quantitative estimate of drug-likeness (QED) is 0.842. The van der Waals surface area contributed by atoms with Crippen molar-refractivity contribution in [3.05, 3.63) is 24.1 Å². The molecule has 1 aliphatic carbocycles. The maximum absolute atomic E-state index is 12.1. The maximum atomic E-state index is 12.1. The smallest absolute Gasteiger partial charge is 0.227 e. The highest BCUT2D eigenvalue weighted by molar-refractivity contribution is 5.89. The van der Waals surface area contributed by atoms with Crippen molar-refractivity contribution in [3.63, 3.8) is 0 Å². The lowest BCUT2D eigenvalue weighted by Gasteiger charge is -2.10. The van der Waals surface area contributed by atoms with E-state index in [9.17, 15) is 4.79 Å². The van der Waals surface area contributed by atoms with Gasteiger partial charge in [-0.2, -0.15) is 4.98 Å². The molecule has 0 bridgehead atoms. The third kappa shape index (κ3) is 4.21. The Morgan fingerprint density at radius 1 is 1.42 bits per heavy atom. The van der Waals surface area contributed by atoms with Crippen LogP contribution in [0.3, 0.4) is 0 Å². The number of rotatable bonds is 7. The molecule has 0 atom stereocenters. The zero-order chi connectivity index (χ0) is 16.9. The van der Waals surface area contributed by atoms with Gasteiger partial charge in [0.15, 0.2) is 5.82 Å². The van der Waals surface area contributed by atoms with E-state index in [2.05, 4.69) is 34.3 Å². The molecular formula is C17H25N5O2. The third-order valence-corrected chi connectivity index (χ3v) is 4.30. The second-order valence-corrected chi connectivity index (χ2v) is 6.87. The lowest BCUT2D eigenvalue weighted by Crippen LogP contribution is -2.17. The van der Waals surface area contributed by atoms with Gasteiger partial charge >= 0.3 is 0 Å². The van der Waals surface area contributed by atoms with Crippen LogP contribution < -0.4 is 5.32 Å². The van der Waals surface area contributed by atoms with E-state index < -0.39 is 0 Å². The molecule has 1 N–H and O–H groups in total. The fourth-order valence-corrected chi connectivity index (χ4v) is 3.10. The highest BCUT2D eigenvalue weighted by Crippen LogP contribution is 2.32. The van der Waals surface area contributed by atoms with E-state index in [0.717, 1.165) is 25.2 Å². The number of carbonyl (C=O) groups is 1. The van der Waals surface area contributed by atoms with Crippen LogP contribution in [0.4, 0.5) is 5.95 Å². The molecule has 7 heteroatoms. The summed E-state index contributed by atoms with van der Waals surface area (Å²) in [6.07, 6.45) is 9.08. The molecule has 24 heavy (non-hydrogen) atoms. The summed E-state index contributed by atoms with van der Waals surface area (Å²) < 4.78 is 7.23. The summed E-state index contributed by atoms with van der Waals surface area (Å²) >= 11 is 0. The van der Waals surface area contributed by atoms with Crippen LogP contribution in [-0.2, 0) is 17.8 Å². The number of aromatic nitrogens is 4. The van der Waals surface area contributed by atoms with Crippen LogP contribution in [0, 0.1) is 5.92 Å². The van der Waals surface area contributed by atoms with Crippen molar-refractivity contribution in [1.82, 2.24) is 19.7 Å². The average Bonchev–Trinajstić information content (AvgIpc) is 3.26. The summed E-state index contributed by atoms with van der Waals surface area (Å²) in [5.74, 6) is 2.76. The first-order valence-corrected chi connectivity index (χ1v) is 8.75. The standard InChI is InChI=1S/C17H25N5O2/c1-12(2)11-22-10-9-18-17(22)19-14(23)7-8-15-20-16(21-24-15)13-5-3-4-6-13/h9-10,12-13H,3-8,11H2,1-2H3,(H,18,19,23). The molecule has 1 amide bonds. The van der Waals surface area contributed by atoms with Crippen molar-refractivity contribution >= 4 is 11.9 Å². The zero-order valence-corrected chi connectivity index (χ0v) is 14.4. The number of nitrogens with zero attached hydrogens (tertiary/aromatic N) is 4. The summed E-state index contributed by atoms with van der Waals surface area (Å²) in [5, 5.41) is 6.92. The summed E-state index contributed by atoms with van der Waals surface area (Å²) in [6, 6.07) is 0. The molecule has 0 unspecified atom stereocenters. The largest absolute Gasteiger partial charge is 0.339 e. The monoisotopic (exact) mass is 331 g/mol. The Bertz CT molecular complexity index is 670. The summed E-state index contributed by atoms with van der Waals surface area (Å²) in [4.78, 5) is 20.8. The van der Waals surface area contributed by atoms with Crippen molar-refractivity contribution in [2.24, 2.45) is 5.92 Å². The number of aryl methyl sites for hydroxylation is 1. The van der Waals surface area contributed by atoms with Crippen molar-refractivity contribution in [2.75, 3.05) is 5.32 Å². The van der Waals surface area contributed by atoms with E-state index in [1.54, 1.807) is 6.20 Å². The fourth-order valence-electron chi connectivity index (χ4n) is 3.10. The first-order chi connectivity index (χ1) is 11.6. The predicted molar refractivity (Wildman–Crippen MR) is 89.5 cm³/mol. The van der Waals surface area contributed by atoms with Crippen LogP contribution in [0.2, 0.25) is 0 Å². The molecule has 2 aromatic rings. The van der Waals surface area contributed by atoms with Crippen molar-refractivity contribution < 1.29 is 9.32 Å². The minimum Gasteiger partial charge on any atom is -0.339 e. The molecule has 3 rings (SSSR count). The van der Waals surface area contributed by atoms with Crippen LogP contribution >= 0.6 is 0 Å². The van der Waals surface area contributed by atoms with Gasteiger partial charge in [0.2, 0.25) is 17.7 Å². The van der Waals surface area contributed by atoms with E-state index in [-0.39, 0.29) is 5.91 Å². The normalized spacial score (nSPS) is 15.3. The van der Waals surface area contributed by atoms with E-state index in [4.69, 9.17) is 4.52 Å². The topological polar surface area (TPSA) is 85.8 Å². The number of amides is 1. The van der Waals surface area contributed by atoms with Gasteiger partial charge in [-0.25, -0.2) is 4.98 Å². The SMILES string of the molecule is CC(C)Cn1ccnc1NC(=O)CCc1nc(C2CCCC2)no1. The molecule has 0 aliphatic heterocycles. The molecule has 0 radical (unpaired) electrons.